The van der Waals surface area contributed by atoms with Crippen molar-refractivity contribution in [2.45, 2.75) is 90.1 Å². The van der Waals surface area contributed by atoms with E-state index in [0.29, 0.717) is 24.4 Å². The minimum Gasteiger partial charge on any atom is -0.389 e. The number of ether oxygens (including phenoxy) is 1. The van der Waals surface area contributed by atoms with Gasteiger partial charge in [-0.25, -0.2) is 0 Å². The third kappa shape index (κ3) is 5.44. The van der Waals surface area contributed by atoms with Crippen molar-refractivity contribution < 1.29 is 14.9 Å². The van der Waals surface area contributed by atoms with Crippen molar-refractivity contribution in [1.29, 1.82) is 0 Å². The summed E-state index contributed by atoms with van der Waals surface area (Å²) in [5.41, 5.74) is 0.218. The van der Waals surface area contributed by atoms with Crippen LogP contribution >= 0.6 is 0 Å². The maximum atomic E-state index is 10.6. The van der Waals surface area contributed by atoms with Crippen LogP contribution in [-0.4, -0.2) is 33.6 Å². The number of aliphatic hydroxyl groups is 2. The molecule has 132 valence electrons. The Hall–Kier alpha value is -0.640. The summed E-state index contributed by atoms with van der Waals surface area (Å²) in [5, 5.41) is 20.8. The highest BCUT2D eigenvalue weighted by Gasteiger charge is 2.51. The van der Waals surface area contributed by atoms with Gasteiger partial charge in [0.05, 0.1) is 23.4 Å². The van der Waals surface area contributed by atoms with Gasteiger partial charge in [-0.3, -0.25) is 0 Å². The molecule has 1 unspecified atom stereocenters. The van der Waals surface area contributed by atoms with Gasteiger partial charge in [-0.05, 0) is 58.3 Å². The second-order valence-electron chi connectivity index (χ2n) is 8.41. The Kier molecular flexibility index (Phi) is 5.76. The molecule has 3 nitrogen and oxygen atoms in total. The van der Waals surface area contributed by atoms with Gasteiger partial charge < -0.3 is 14.9 Å². The quantitative estimate of drug-likeness (QED) is 0.567. The number of allylic oxidation sites excluding steroid dienone is 2. The van der Waals surface area contributed by atoms with Crippen molar-refractivity contribution in [1.82, 2.24) is 0 Å². The third-order valence-electron chi connectivity index (χ3n) is 5.47. The lowest BCUT2D eigenvalue weighted by atomic mass is 9.84. The van der Waals surface area contributed by atoms with Crippen LogP contribution in [0.3, 0.4) is 0 Å². The zero-order chi connectivity index (χ0) is 17.3. The molecule has 23 heavy (non-hydrogen) atoms. The lowest BCUT2D eigenvalue weighted by Crippen LogP contribution is -2.27. The summed E-state index contributed by atoms with van der Waals surface area (Å²) in [4.78, 5) is 0. The monoisotopic (exact) mass is 322 g/mol. The van der Waals surface area contributed by atoms with Crippen LogP contribution in [0.15, 0.2) is 23.8 Å². The highest BCUT2D eigenvalue weighted by atomic mass is 16.6. The summed E-state index contributed by atoms with van der Waals surface area (Å²) in [6, 6.07) is 0. The molecule has 1 aliphatic carbocycles. The van der Waals surface area contributed by atoms with Crippen LogP contribution in [0.4, 0.5) is 0 Å². The summed E-state index contributed by atoms with van der Waals surface area (Å²) in [7, 11) is 0. The molecule has 5 atom stereocenters. The Morgan fingerprint density at radius 2 is 1.96 bits per heavy atom. The average molecular weight is 322 g/mol. The normalized spacial score (nSPS) is 46.4. The van der Waals surface area contributed by atoms with Gasteiger partial charge in [0.2, 0.25) is 0 Å². The minimum atomic E-state index is -0.976. The van der Waals surface area contributed by atoms with E-state index in [1.54, 1.807) is 6.92 Å². The molecular weight excluding hydrogens is 288 g/mol. The molecule has 0 amide bonds. The smallest absolute Gasteiger partial charge is 0.0920 e. The van der Waals surface area contributed by atoms with Crippen LogP contribution in [-0.2, 0) is 4.74 Å². The lowest BCUT2D eigenvalue weighted by Gasteiger charge is -2.24. The molecule has 0 aromatic heterocycles. The van der Waals surface area contributed by atoms with E-state index in [1.807, 2.05) is 19.1 Å². The van der Waals surface area contributed by atoms with E-state index in [4.69, 9.17) is 4.74 Å². The predicted octanol–water partition coefficient (Wildman–Crippen LogP) is 3.99. The molecular formula is C20H34O3. The first kappa shape index (κ1) is 18.7. The Morgan fingerprint density at radius 3 is 2.61 bits per heavy atom. The SMILES string of the molecule is C/C1=C\[C@H](O)CC(C)(O)/C=C/[C@H](C(C)C)CC[C@]2(C)O[C@H]2CC1. The molecule has 0 bridgehead atoms. The number of aliphatic hydroxyl groups excluding tert-OH is 1. The Labute approximate surface area is 141 Å². The van der Waals surface area contributed by atoms with Gasteiger partial charge in [-0.1, -0.05) is 37.6 Å². The summed E-state index contributed by atoms with van der Waals surface area (Å²) < 4.78 is 5.96. The first-order chi connectivity index (χ1) is 10.6. The highest BCUT2D eigenvalue weighted by Crippen LogP contribution is 2.44. The molecule has 2 aliphatic rings. The predicted molar refractivity (Wildman–Crippen MR) is 94.2 cm³/mol. The number of rotatable bonds is 1. The van der Waals surface area contributed by atoms with Gasteiger partial charge >= 0.3 is 0 Å². The highest BCUT2D eigenvalue weighted by molar-refractivity contribution is 5.10. The Balaban J connectivity index is 2.17. The second kappa shape index (κ2) is 7.08. The van der Waals surface area contributed by atoms with Crippen LogP contribution in [0.2, 0.25) is 0 Å². The van der Waals surface area contributed by atoms with E-state index in [-0.39, 0.29) is 5.60 Å². The fourth-order valence-corrected chi connectivity index (χ4v) is 3.63. The summed E-state index contributed by atoms with van der Waals surface area (Å²) in [6.07, 6.45) is 10.1. The molecule has 0 spiro atoms. The van der Waals surface area contributed by atoms with Crippen LogP contribution in [0.5, 0.6) is 0 Å². The molecule has 0 aromatic carbocycles. The fourth-order valence-electron chi connectivity index (χ4n) is 3.63. The van der Waals surface area contributed by atoms with E-state index < -0.39 is 11.7 Å². The van der Waals surface area contributed by atoms with Crippen LogP contribution in [0.25, 0.3) is 0 Å². The third-order valence-corrected chi connectivity index (χ3v) is 5.47. The molecule has 1 aliphatic heterocycles. The zero-order valence-corrected chi connectivity index (χ0v) is 15.4. The van der Waals surface area contributed by atoms with E-state index in [1.165, 1.54) is 5.57 Å². The molecule has 3 heteroatoms. The number of hydrogen-bond donors (Lipinski definition) is 2. The largest absolute Gasteiger partial charge is 0.389 e. The van der Waals surface area contributed by atoms with Crippen molar-refractivity contribution >= 4 is 0 Å². The molecule has 1 heterocycles. The van der Waals surface area contributed by atoms with Crippen molar-refractivity contribution in [3.8, 4) is 0 Å². The van der Waals surface area contributed by atoms with Crippen LogP contribution in [0.1, 0.15) is 66.7 Å². The summed E-state index contributed by atoms with van der Waals surface area (Å²) in [6.45, 7) is 10.5. The van der Waals surface area contributed by atoms with E-state index >= 15 is 0 Å². The first-order valence-electron chi connectivity index (χ1n) is 9.06. The molecule has 1 saturated heterocycles. The molecule has 2 rings (SSSR count). The first-order valence-corrected chi connectivity index (χ1v) is 9.06. The maximum absolute atomic E-state index is 10.6. The molecule has 0 saturated carbocycles. The van der Waals surface area contributed by atoms with Gasteiger partial charge in [0.25, 0.3) is 0 Å². The Morgan fingerprint density at radius 1 is 1.26 bits per heavy atom. The van der Waals surface area contributed by atoms with Crippen LogP contribution < -0.4 is 0 Å². The lowest BCUT2D eigenvalue weighted by molar-refractivity contribution is 0.0564. The van der Waals surface area contributed by atoms with Crippen LogP contribution in [0, 0.1) is 11.8 Å². The van der Waals surface area contributed by atoms with E-state index in [9.17, 15) is 10.2 Å². The van der Waals surface area contributed by atoms with Gasteiger partial charge in [0.1, 0.15) is 0 Å². The number of hydrogen-bond acceptors (Lipinski definition) is 3. The van der Waals surface area contributed by atoms with Gasteiger partial charge in [0.15, 0.2) is 0 Å². The van der Waals surface area contributed by atoms with E-state index in [2.05, 4.69) is 26.8 Å². The maximum Gasteiger partial charge on any atom is 0.0920 e. The standard InChI is InChI=1S/C20H34O3/c1-14(2)16-8-10-19(4,22)13-17(21)12-15(3)6-7-18-20(5,23-18)11-9-16/h8,10,12,14,16-18,21-22H,6-7,9,11,13H2,1-5H3/b10-8+,15-12+/t16-,17-,18-,19?,20-/m0/s1. The fraction of sp³-hybridized carbons (Fsp3) is 0.800. The number of fused-ring (bicyclic) bond motifs is 1. The molecule has 1 fully saturated rings. The van der Waals surface area contributed by atoms with Gasteiger partial charge in [0, 0.05) is 6.42 Å². The van der Waals surface area contributed by atoms with E-state index in [0.717, 1.165) is 25.7 Å². The van der Waals surface area contributed by atoms with Crippen molar-refractivity contribution in [2.75, 3.05) is 0 Å². The van der Waals surface area contributed by atoms with Crippen molar-refractivity contribution in [2.24, 2.45) is 11.8 Å². The summed E-state index contributed by atoms with van der Waals surface area (Å²) in [5.74, 6) is 0.961. The second-order valence-corrected chi connectivity index (χ2v) is 8.41. The topological polar surface area (TPSA) is 53.0 Å². The van der Waals surface area contributed by atoms with Gasteiger partial charge in [-0.2, -0.15) is 0 Å². The number of epoxide rings is 1. The summed E-state index contributed by atoms with van der Waals surface area (Å²) >= 11 is 0. The van der Waals surface area contributed by atoms with Crippen molar-refractivity contribution in [3.63, 3.8) is 0 Å². The minimum absolute atomic E-state index is 0.0203. The van der Waals surface area contributed by atoms with Gasteiger partial charge in [-0.15, -0.1) is 0 Å². The van der Waals surface area contributed by atoms with Crippen molar-refractivity contribution in [3.05, 3.63) is 23.8 Å². The molecule has 2 N–H and O–H groups in total. The Bertz CT molecular complexity index is 464. The molecule has 0 aromatic rings. The molecule has 0 radical (unpaired) electrons. The average Bonchev–Trinajstić information content (AvgIpc) is 3.05. The zero-order valence-electron chi connectivity index (χ0n) is 15.4.